The van der Waals surface area contributed by atoms with E-state index < -0.39 is 0 Å². The molecule has 1 aliphatic rings. The number of methoxy groups -OCH3 is 1. The van der Waals surface area contributed by atoms with Crippen LogP contribution in [0, 0.1) is 0 Å². The van der Waals surface area contributed by atoms with E-state index in [1.165, 1.54) is 11.1 Å². The van der Waals surface area contributed by atoms with Crippen molar-refractivity contribution in [1.82, 2.24) is 24.1 Å². The molecule has 0 N–H and O–H groups in total. The lowest BCUT2D eigenvalue weighted by Gasteiger charge is -2.39. The summed E-state index contributed by atoms with van der Waals surface area (Å²) in [5.41, 5.74) is 5.61. The summed E-state index contributed by atoms with van der Waals surface area (Å²) in [6, 6.07) is 34.9. The van der Waals surface area contributed by atoms with Crippen molar-refractivity contribution in [1.29, 1.82) is 0 Å². The number of rotatable bonds is 7. The van der Waals surface area contributed by atoms with E-state index in [1.807, 2.05) is 65.2 Å². The Labute approximate surface area is 234 Å². The van der Waals surface area contributed by atoms with Crippen molar-refractivity contribution >= 4 is 5.91 Å². The van der Waals surface area contributed by atoms with Gasteiger partial charge in [0.15, 0.2) is 0 Å². The van der Waals surface area contributed by atoms with E-state index in [0.717, 1.165) is 35.9 Å². The summed E-state index contributed by atoms with van der Waals surface area (Å²) in [6.07, 6.45) is 1.98. The normalized spacial score (nSPS) is 14.0. The van der Waals surface area contributed by atoms with Gasteiger partial charge in [-0.3, -0.25) is 9.69 Å². The van der Waals surface area contributed by atoms with Gasteiger partial charge in [-0.05, 0) is 53.6 Å². The Kier molecular flexibility index (Phi) is 7.21. The van der Waals surface area contributed by atoms with Crippen LogP contribution in [-0.2, 0) is 7.05 Å². The number of hydrogen-bond donors (Lipinski definition) is 0. The smallest absolute Gasteiger partial charge is 0.272 e. The summed E-state index contributed by atoms with van der Waals surface area (Å²) >= 11 is 0. The second-order valence-electron chi connectivity index (χ2n) is 10.1. The first kappa shape index (κ1) is 25.6. The van der Waals surface area contributed by atoms with Crippen molar-refractivity contribution in [2.24, 2.45) is 7.05 Å². The molecular formula is C33H33N5O2. The Bertz CT molecular complexity index is 1530. The predicted octanol–water partition coefficient (Wildman–Crippen LogP) is 5.43. The number of ether oxygens (including phenoxy) is 1. The first-order valence-corrected chi connectivity index (χ1v) is 13.6. The molecule has 5 aromatic rings. The average molecular weight is 532 g/mol. The van der Waals surface area contributed by atoms with Crippen molar-refractivity contribution in [3.05, 3.63) is 126 Å². The maximum absolute atomic E-state index is 14.0. The van der Waals surface area contributed by atoms with E-state index in [-0.39, 0.29) is 11.9 Å². The van der Waals surface area contributed by atoms with E-state index >= 15 is 0 Å². The Morgan fingerprint density at radius 3 is 1.98 bits per heavy atom. The minimum atomic E-state index is -0.0144. The van der Waals surface area contributed by atoms with Crippen LogP contribution in [0.5, 0.6) is 5.75 Å². The number of benzene rings is 3. The molecule has 3 heterocycles. The molecule has 3 aromatic carbocycles. The first-order valence-electron chi connectivity index (χ1n) is 13.6. The molecule has 0 unspecified atom stereocenters. The third-order valence-corrected chi connectivity index (χ3v) is 7.65. The molecule has 0 bridgehead atoms. The lowest BCUT2D eigenvalue weighted by molar-refractivity contribution is 0.0589. The van der Waals surface area contributed by atoms with E-state index in [0.29, 0.717) is 18.8 Å². The Balaban J connectivity index is 1.27. The Morgan fingerprint density at radius 1 is 0.800 bits per heavy atom. The standard InChI is InChI=1S/C33H33N5O2/c1-35-19-9-14-30(35)29-24-31(38(34-29)27-15-17-28(40-2)18-16-27)33(39)37-22-20-36(21-23-37)32(25-10-5-3-6-11-25)26-12-7-4-8-13-26/h3-19,24,32H,20-23H2,1-2H3. The predicted molar refractivity (Wildman–Crippen MR) is 157 cm³/mol. The minimum Gasteiger partial charge on any atom is -0.497 e. The number of carbonyl (C=O) groups excluding carboxylic acids is 1. The molecule has 1 fully saturated rings. The quantitative estimate of drug-likeness (QED) is 0.281. The first-order chi connectivity index (χ1) is 19.6. The van der Waals surface area contributed by atoms with Gasteiger partial charge in [0, 0.05) is 39.4 Å². The summed E-state index contributed by atoms with van der Waals surface area (Å²) < 4.78 is 9.11. The van der Waals surface area contributed by atoms with Gasteiger partial charge in [0.05, 0.1) is 24.5 Å². The highest BCUT2D eigenvalue weighted by Gasteiger charge is 2.30. The molecule has 1 amide bonds. The van der Waals surface area contributed by atoms with Crippen molar-refractivity contribution in [2.45, 2.75) is 6.04 Å². The number of aryl methyl sites for hydroxylation is 1. The molecule has 1 saturated heterocycles. The average Bonchev–Trinajstić information content (AvgIpc) is 3.65. The van der Waals surface area contributed by atoms with E-state index in [2.05, 4.69) is 65.6 Å². The van der Waals surface area contributed by atoms with Gasteiger partial charge in [0.2, 0.25) is 0 Å². The van der Waals surface area contributed by atoms with Crippen LogP contribution in [0.15, 0.2) is 109 Å². The Morgan fingerprint density at radius 2 is 1.43 bits per heavy atom. The van der Waals surface area contributed by atoms with Crippen LogP contribution in [0.1, 0.15) is 27.7 Å². The second kappa shape index (κ2) is 11.2. The van der Waals surface area contributed by atoms with Gasteiger partial charge in [-0.25, -0.2) is 4.68 Å². The molecule has 0 atom stereocenters. The molecule has 1 aliphatic heterocycles. The van der Waals surface area contributed by atoms with Gasteiger partial charge in [-0.15, -0.1) is 0 Å². The van der Waals surface area contributed by atoms with Crippen LogP contribution < -0.4 is 4.74 Å². The highest BCUT2D eigenvalue weighted by molar-refractivity contribution is 5.94. The van der Waals surface area contributed by atoms with E-state index in [9.17, 15) is 4.79 Å². The zero-order chi connectivity index (χ0) is 27.5. The lowest BCUT2D eigenvalue weighted by atomic mass is 9.96. The summed E-state index contributed by atoms with van der Waals surface area (Å²) in [6.45, 7) is 2.84. The maximum Gasteiger partial charge on any atom is 0.272 e. The SMILES string of the molecule is COc1ccc(-n2nc(-c3cccn3C)cc2C(=O)N2CCN(C(c3ccccc3)c3ccccc3)CC2)cc1. The number of aromatic nitrogens is 3. The monoisotopic (exact) mass is 531 g/mol. The number of hydrogen-bond acceptors (Lipinski definition) is 4. The van der Waals surface area contributed by atoms with Crippen LogP contribution in [-0.4, -0.2) is 63.3 Å². The molecule has 7 nitrogen and oxygen atoms in total. The van der Waals surface area contributed by atoms with Gasteiger partial charge in [0.1, 0.15) is 17.1 Å². The third-order valence-electron chi connectivity index (χ3n) is 7.65. The van der Waals surface area contributed by atoms with Gasteiger partial charge in [0.25, 0.3) is 5.91 Å². The van der Waals surface area contributed by atoms with E-state index in [4.69, 9.17) is 9.84 Å². The van der Waals surface area contributed by atoms with E-state index in [1.54, 1.807) is 11.8 Å². The molecule has 7 heteroatoms. The van der Waals surface area contributed by atoms with Crippen LogP contribution in [0.3, 0.4) is 0 Å². The largest absolute Gasteiger partial charge is 0.497 e. The zero-order valence-electron chi connectivity index (χ0n) is 22.9. The molecule has 0 saturated carbocycles. The number of carbonyl (C=O) groups is 1. The number of amides is 1. The van der Waals surface area contributed by atoms with Gasteiger partial charge in [-0.1, -0.05) is 60.7 Å². The molecule has 40 heavy (non-hydrogen) atoms. The lowest BCUT2D eigenvalue weighted by Crippen LogP contribution is -2.50. The fraction of sp³-hybridized carbons (Fsp3) is 0.212. The van der Waals surface area contributed by atoms with Crippen LogP contribution >= 0.6 is 0 Å². The van der Waals surface area contributed by atoms with Gasteiger partial charge in [-0.2, -0.15) is 5.10 Å². The molecule has 0 spiro atoms. The van der Waals surface area contributed by atoms with Gasteiger partial charge >= 0.3 is 0 Å². The minimum absolute atomic E-state index is 0.0144. The summed E-state index contributed by atoms with van der Waals surface area (Å²) in [5.74, 6) is 0.744. The van der Waals surface area contributed by atoms with Gasteiger partial charge < -0.3 is 14.2 Å². The summed E-state index contributed by atoms with van der Waals surface area (Å²) in [5, 5.41) is 4.87. The number of piperazine rings is 1. The fourth-order valence-corrected chi connectivity index (χ4v) is 5.54. The molecule has 0 radical (unpaired) electrons. The highest BCUT2D eigenvalue weighted by atomic mass is 16.5. The van der Waals surface area contributed by atoms with Crippen LogP contribution in [0.25, 0.3) is 17.1 Å². The summed E-state index contributed by atoms with van der Waals surface area (Å²) in [7, 11) is 3.63. The van der Waals surface area contributed by atoms with Crippen molar-refractivity contribution in [3.63, 3.8) is 0 Å². The zero-order valence-corrected chi connectivity index (χ0v) is 22.9. The molecule has 6 rings (SSSR count). The van der Waals surface area contributed by atoms with Crippen LogP contribution in [0.4, 0.5) is 0 Å². The summed E-state index contributed by atoms with van der Waals surface area (Å²) in [4.78, 5) is 18.4. The third kappa shape index (κ3) is 5.03. The Hall–Kier alpha value is -4.62. The molecule has 0 aliphatic carbocycles. The molecular weight excluding hydrogens is 498 g/mol. The van der Waals surface area contributed by atoms with Crippen molar-refractivity contribution in [2.75, 3.05) is 33.3 Å². The van der Waals surface area contributed by atoms with Crippen molar-refractivity contribution in [3.8, 4) is 22.8 Å². The molecule has 2 aromatic heterocycles. The topological polar surface area (TPSA) is 55.5 Å². The number of nitrogens with zero attached hydrogens (tertiary/aromatic N) is 5. The van der Waals surface area contributed by atoms with Crippen LogP contribution in [0.2, 0.25) is 0 Å². The maximum atomic E-state index is 14.0. The van der Waals surface area contributed by atoms with Crippen molar-refractivity contribution < 1.29 is 9.53 Å². The fourth-order valence-electron chi connectivity index (χ4n) is 5.54. The highest BCUT2D eigenvalue weighted by Crippen LogP contribution is 2.30. The molecule has 202 valence electrons. The second-order valence-corrected chi connectivity index (χ2v) is 10.1.